The molecule has 0 heterocycles. The van der Waals surface area contributed by atoms with Crippen LogP contribution in [0.2, 0.25) is 0 Å². The maximum atomic E-state index is 11.2. The second-order valence-electron chi connectivity index (χ2n) is 3.35. The standard InChI is InChI=1S/C11H13NO4S/c12-9(11(14)15)6-10(13)16-17-7-8-4-2-1-3-5-8/h1-5,9H,6-7,12H2,(H,14,15)/t9-/m0/s1. The highest BCUT2D eigenvalue weighted by atomic mass is 32.2. The molecule has 0 unspecified atom stereocenters. The third kappa shape index (κ3) is 5.37. The summed E-state index contributed by atoms with van der Waals surface area (Å²) in [5, 5.41) is 8.49. The second kappa shape index (κ2) is 6.93. The average molecular weight is 255 g/mol. The lowest BCUT2D eigenvalue weighted by molar-refractivity contribution is -0.143. The van der Waals surface area contributed by atoms with Crippen molar-refractivity contribution < 1.29 is 18.9 Å². The first-order valence-corrected chi connectivity index (χ1v) is 5.85. The quantitative estimate of drug-likeness (QED) is 0.742. The number of benzene rings is 1. The number of nitrogens with two attached hydrogens (primary N) is 1. The molecule has 17 heavy (non-hydrogen) atoms. The van der Waals surface area contributed by atoms with Crippen LogP contribution in [0.4, 0.5) is 0 Å². The van der Waals surface area contributed by atoms with Gasteiger partial charge in [-0.25, -0.2) is 0 Å². The normalized spacial score (nSPS) is 11.8. The number of hydrogen-bond acceptors (Lipinski definition) is 5. The number of rotatable bonds is 6. The van der Waals surface area contributed by atoms with E-state index in [4.69, 9.17) is 15.0 Å². The van der Waals surface area contributed by atoms with E-state index in [2.05, 4.69) is 0 Å². The maximum Gasteiger partial charge on any atom is 0.321 e. The molecule has 6 heteroatoms. The van der Waals surface area contributed by atoms with Gasteiger partial charge < -0.3 is 15.0 Å². The van der Waals surface area contributed by atoms with Crippen LogP contribution in [0, 0.1) is 0 Å². The minimum Gasteiger partial charge on any atom is -0.480 e. The molecule has 5 nitrogen and oxygen atoms in total. The smallest absolute Gasteiger partial charge is 0.321 e. The molecule has 0 bridgehead atoms. The summed E-state index contributed by atoms with van der Waals surface area (Å²) in [6.07, 6.45) is -0.322. The van der Waals surface area contributed by atoms with Crippen molar-refractivity contribution >= 4 is 24.0 Å². The monoisotopic (exact) mass is 255 g/mol. The van der Waals surface area contributed by atoms with Crippen LogP contribution in [0.25, 0.3) is 0 Å². The Balaban J connectivity index is 2.23. The Hall–Kier alpha value is -1.53. The van der Waals surface area contributed by atoms with Gasteiger partial charge in [0, 0.05) is 0 Å². The van der Waals surface area contributed by atoms with E-state index in [0.29, 0.717) is 5.75 Å². The van der Waals surface area contributed by atoms with E-state index < -0.39 is 18.0 Å². The summed E-state index contributed by atoms with van der Waals surface area (Å²) in [6, 6.07) is 8.27. The Morgan fingerprint density at radius 2 is 2.00 bits per heavy atom. The van der Waals surface area contributed by atoms with Gasteiger partial charge in [-0.15, -0.1) is 0 Å². The summed E-state index contributed by atoms with van der Waals surface area (Å²) in [5.41, 5.74) is 6.21. The molecule has 0 saturated heterocycles. The number of carboxylic acids is 1. The zero-order chi connectivity index (χ0) is 12.7. The summed E-state index contributed by atoms with van der Waals surface area (Å²) in [4.78, 5) is 21.6. The summed E-state index contributed by atoms with van der Waals surface area (Å²) in [7, 11) is 0. The highest BCUT2D eigenvalue weighted by Gasteiger charge is 2.17. The molecule has 0 saturated carbocycles. The van der Waals surface area contributed by atoms with E-state index in [-0.39, 0.29) is 6.42 Å². The molecule has 0 radical (unpaired) electrons. The van der Waals surface area contributed by atoms with Gasteiger partial charge in [-0.1, -0.05) is 30.3 Å². The van der Waals surface area contributed by atoms with Gasteiger partial charge in [-0.05, 0) is 5.56 Å². The number of carboxylic acid groups (broad SMARTS) is 1. The van der Waals surface area contributed by atoms with Crippen molar-refractivity contribution in [3.63, 3.8) is 0 Å². The minimum absolute atomic E-state index is 0.322. The summed E-state index contributed by atoms with van der Waals surface area (Å²) in [6.45, 7) is 0. The molecule has 0 fully saturated rings. The van der Waals surface area contributed by atoms with Gasteiger partial charge in [0.15, 0.2) is 0 Å². The van der Waals surface area contributed by atoms with Crippen LogP contribution in [0.1, 0.15) is 12.0 Å². The molecule has 0 amide bonds. The molecule has 3 N–H and O–H groups in total. The fourth-order valence-electron chi connectivity index (χ4n) is 1.04. The Morgan fingerprint density at radius 1 is 1.35 bits per heavy atom. The van der Waals surface area contributed by atoms with Crippen LogP contribution in [0.3, 0.4) is 0 Å². The molecule has 92 valence electrons. The highest BCUT2D eigenvalue weighted by molar-refractivity contribution is 7.94. The van der Waals surface area contributed by atoms with Gasteiger partial charge >= 0.3 is 11.9 Å². The van der Waals surface area contributed by atoms with Crippen molar-refractivity contribution in [1.29, 1.82) is 0 Å². The highest BCUT2D eigenvalue weighted by Crippen LogP contribution is 2.13. The zero-order valence-corrected chi connectivity index (χ0v) is 9.85. The van der Waals surface area contributed by atoms with E-state index in [1.807, 2.05) is 30.3 Å². The van der Waals surface area contributed by atoms with E-state index in [1.165, 1.54) is 0 Å². The fourth-order valence-corrected chi connectivity index (χ4v) is 1.63. The fraction of sp³-hybridized carbons (Fsp3) is 0.273. The summed E-state index contributed by atoms with van der Waals surface area (Å²) >= 11 is 0.970. The molecular formula is C11H13NO4S. The largest absolute Gasteiger partial charge is 0.480 e. The van der Waals surface area contributed by atoms with Crippen molar-refractivity contribution in [2.24, 2.45) is 5.73 Å². The van der Waals surface area contributed by atoms with Crippen molar-refractivity contribution in [3.8, 4) is 0 Å². The maximum absolute atomic E-state index is 11.2. The van der Waals surface area contributed by atoms with Gasteiger partial charge in [0.25, 0.3) is 0 Å². The molecule has 1 rings (SSSR count). The first kappa shape index (κ1) is 13.5. The number of carbonyl (C=O) groups excluding carboxylic acids is 1. The van der Waals surface area contributed by atoms with Crippen LogP contribution >= 0.6 is 12.0 Å². The van der Waals surface area contributed by atoms with Gasteiger partial charge in [-0.3, -0.25) is 9.59 Å². The van der Waals surface area contributed by atoms with E-state index in [0.717, 1.165) is 17.6 Å². The van der Waals surface area contributed by atoms with Gasteiger partial charge in [-0.2, -0.15) is 0 Å². The van der Waals surface area contributed by atoms with E-state index in [1.54, 1.807) is 0 Å². The molecule has 1 aromatic carbocycles. The Bertz CT molecular complexity index is 382. The number of carbonyl (C=O) groups is 2. The van der Waals surface area contributed by atoms with E-state index >= 15 is 0 Å². The molecule has 0 spiro atoms. The van der Waals surface area contributed by atoms with Crippen molar-refractivity contribution in [2.75, 3.05) is 0 Å². The van der Waals surface area contributed by atoms with Crippen LogP contribution in [0.15, 0.2) is 30.3 Å². The first-order chi connectivity index (χ1) is 8.09. The average Bonchev–Trinajstić information content (AvgIpc) is 2.30. The molecular weight excluding hydrogens is 242 g/mol. The first-order valence-electron chi connectivity index (χ1n) is 4.94. The van der Waals surface area contributed by atoms with Crippen molar-refractivity contribution in [1.82, 2.24) is 0 Å². The third-order valence-corrected chi connectivity index (χ3v) is 2.68. The lowest BCUT2D eigenvalue weighted by Gasteiger charge is -2.05. The van der Waals surface area contributed by atoms with Gasteiger partial charge in [0.1, 0.15) is 6.04 Å². The summed E-state index contributed by atoms with van der Waals surface area (Å²) < 4.78 is 4.80. The molecule has 1 aromatic rings. The molecule has 0 aliphatic carbocycles. The Kier molecular flexibility index (Phi) is 5.51. The Labute approximate surface area is 103 Å². The van der Waals surface area contributed by atoms with Gasteiger partial charge in [0.05, 0.1) is 24.2 Å². The predicted octanol–water partition coefficient (Wildman–Crippen LogP) is 1.18. The number of aliphatic carboxylic acids is 1. The molecule has 0 aromatic heterocycles. The van der Waals surface area contributed by atoms with Gasteiger partial charge in [0.2, 0.25) is 0 Å². The van der Waals surface area contributed by atoms with Crippen molar-refractivity contribution in [3.05, 3.63) is 35.9 Å². The van der Waals surface area contributed by atoms with Crippen LogP contribution in [-0.4, -0.2) is 23.1 Å². The van der Waals surface area contributed by atoms with Crippen LogP contribution in [-0.2, 0) is 19.5 Å². The molecule has 1 atom stereocenters. The SMILES string of the molecule is N[C@@H](CC(=O)OSCc1ccccc1)C(=O)O. The minimum atomic E-state index is -1.21. The third-order valence-electron chi connectivity index (χ3n) is 1.92. The van der Waals surface area contributed by atoms with Crippen molar-refractivity contribution in [2.45, 2.75) is 18.2 Å². The second-order valence-corrected chi connectivity index (χ2v) is 4.04. The zero-order valence-electron chi connectivity index (χ0n) is 9.04. The lowest BCUT2D eigenvalue weighted by Crippen LogP contribution is -2.32. The molecule has 0 aliphatic heterocycles. The predicted molar refractivity (Wildman–Crippen MR) is 64.1 cm³/mol. The summed E-state index contributed by atoms with van der Waals surface area (Å²) in [5.74, 6) is -1.31. The van der Waals surface area contributed by atoms with Crippen LogP contribution < -0.4 is 5.73 Å². The Morgan fingerprint density at radius 3 is 2.59 bits per heavy atom. The lowest BCUT2D eigenvalue weighted by atomic mass is 10.2. The van der Waals surface area contributed by atoms with E-state index in [9.17, 15) is 9.59 Å². The van der Waals surface area contributed by atoms with Crippen LogP contribution in [0.5, 0.6) is 0 Å². The molecule has 0 aliphatic rings. The number of hydrogen-bond donors (Lipinski definition) is 2. The topological polar surface area (TPSA) is 89.6 Å².